The molecule has 9 heteroatoms. The van der Waals surface area contributed by atoms with E-state index in [1.807, 2.05) is 36.5 Å². The Kier molecular flexibility index (Phi) is 5.11. The summed E-state index contributed by atoms with van der Waals surface area (Å²) in [6.45, 7) is 0. The highest BCUT2D eigenvalue weighted by Gasteiger charge is 2.17. The molecule has 0 fully saturated rings. The number of aromatic nitrogens is 4. The fourth-order valence-corrected chi connectivity index (χ4v) is 4.45. The SMILES string of the molecule is O=C(Nc1scnc1-c1ccc(F)cc1)c1csc(-c2cnn(-c3ccccc3)c2)n1. The summed E-state index contributed by atoms with van der Waals surface area (Å²) in [4.78, 5) is 21.5. The first-order chi connectivity index (χ1) is 15.2. The average molecular weight is 448 g/mol. The summed E-state index contributed by atoms with van der Waals surface area (Å²) in [6.07, 6.45) is 3.61. The van der Waals surface area contributed by atoms with Crippen molar-refractivity contribution in [1.82, 2.24) is 19.7 Å². The number of amides is 1. The van der Waals surface area contributed by atoms with Crippen molar-refractivity contribution in [3.8, 4) is 27.5 Å². The molecule has 6 nitrogen and oxygen atoms in total. The van der Waals surface area contributed by atoms with Gasteiger partial charge in [0.25, 0.3) is 5.91 Å². The van der Waals surface area contributed by atoms with Crippen molar-refractivity contribution in [2.75, 3.05) is 5.32 Å². The Morgan fingerprint density at radius 3 is 2.61 bits per heavy atom. The van der Waals surface area contributed by atoms with Crippen LogP contribution in [0.25, 0.3) is 27.5 Å². The van der Waals surface area contributed by atoms with Gasteiger partial charge in [-0.1, -0.05) is 18.2 Å². The average Bonchev–Trinajstić information content (AvgIpc) is 3.55. The van der Waals surface area contributed by atoms with Crippen molar-refractivity contribution < 1.29 is 9.18 Å². The van der Waals surface area contributed by atoms with E-state index in [1.165, 1.54) is 34.8 Å². The highest BCUT2D eigenvalue weighted by atomic mass is 32.1. The minimum absolute atomic E-state index is 0.311. The van der Waals surface area contributed by atoms with Crippen LogP contribution in [0.5, 0.6) is 0 Å². The van der Waals surface area contributed by atoms with E-state index in [4.69, 9.17) is 0 Å². The molecule has 3 heterocycles. The lowest BCUT2D eigenvalue weighted by atomic mass is 10.1. The number of hydrogen-bond acceptors (Lipinski definition) is 6. The van der Waals surface area contributed by atoms with Crippen molar-refractivity contribution in [3.63, 3.8) is 0 Å². The quantitative estimate of drug-likeness (QED) is 0.386. The third-order valence-electron chi connectivity index (χ3n) is 4.50. The smallest absolute Gasteiger partial charge is 0.275 e. The lowest BCUT2D eigenvalue weighted by molar-refractivity contribution is 0.102. The van der Waals surface area contributed by atoms with E-state index in [-0.39, 0.29) is 11.7 Å². The number of benzene rings is 2. The molecule has 0 atom stereocenters. The molecular formula is C22H14FN5OS2. The fraction of sp³-hybridized carbons (Fsp3) is 0. The van der Waals surface area contributed by atoms with Crippen LogP contribution in [0.1, 0.15) is 10.5 Å². The van der Waals surface area contributed by atoms with E-state index in [9.17, 15) is 9.18 Å². The van der Waals surface area contributed by atoms with Gasteiger partial charge in [0.1, 0.15) is 27.2 Å². The standard InChI is InChI=1S/C22H14FN5OS2/c23-16-8-6-14(7-9-16)19-22(31-13-24-19)27-20(29)18-12-30-21(26-18)15-10-25-28(11-15)17-4-2-1-3-5-17/h1-13H,(H,27,29). The summed E-state index contributed by atoms with van der Waals surface area (Å²) in [5.41, 5.74) is 5.05. The van der Waals surface area contributed by atoms with Gasteiger partial charge >= 0.3 is 0 Å². The van der Waals surface area contributed by atoms with Crippen LogP contribution >= 0.6 is 22.7 Å². The van der Waals surface area contributed by atoms with Crippen LogP contribution in [-0.4, -0.2) is 25.7 Å². The monoisotopic (exact) mass is 447 g/mol. The van der Waals surface area contributed by atoms with Gasteiger partial charge in [0.2, 0.25) is 0 Å². The van der Waals surface area contributed by atoms with Gasteiger partial charge in [0.15, 0.2) is 0 Å². The molecule has 3 aromatic heterocycles. The highest BCUT2D eigenvalue weighted by molar-refractivity contribution is 7.14. The van der Waals surface area contributed by atoms with Crippen LogP contribution in [0.4, 0.5) is 9.39 Å². The Balaban J connectivity index is 1.34. The number of carbonyl (C=O) groups is 1. The van der Waals surface area contributed by atoms with E-state index >= 15 is 0 Å². The topological polar surface area (TPSA) is 72.7 Å². The summed E-state index contributed by atoms with van der Waals surface area (Å²) >= 11 is 2.68. The van der Waals surface area contributed by atoms with Gasteiger partial charge in [0, 0.05) is 22.7 Å². The van der Waals surface area contributed by atoms with Crippen LogP contribution in [0.15, 0.2) is 77.9 Å². The van der Waals surface area contributed by atoms with E-state index < -0.39 is 0 Å². The Morgan fingerprint density at radius 1 is 1.00 bits per heavy atom. The molecule has 152 valence electrons. The zero-order valence-corrected chi connectivity index (χ0v) is 17.5. The molecule has 31 heavy (non-hydrogen) atoms. The molecule has 0 saturated carbocycles. The summed E-state index contributed by atoms with van der Waals surface area (Å²) in [5, 5.41) is 10.2. The first kappa shape index (κ1) is 19.3. The predicted octanol–water partition coefficient (Wildman–Crippen LogP) is 5.51. The van der Waals surface area contributed by atoms with Crippen molar-refractivity contribution in [3.05, 3.63) is 89.4 Å². The van der Waals surface area contributed by atoms with Crippen LogP contribution in [-0.2, 0) is 0 Å². The fourth-order valence-electron chi connectivity index (χ4n) is 2.98. The van der Waals surface area contributed by atoms with Crippen molar-refractivity contribution in [1.29, 1.82) is 0 Å². The molecule has 5 aromatic rings. The van der Waals surface area contributed by atoms with Crippen LogP contribution in [0.2, 0.25) is 0 Å². The number of nitrogens with one attached hydrogen (secondary N) is 1. The second-order valence-electron chi connectivity index (χ2n) is 6.54. The van der Waals surface area contributed by atoms with E-state index in [0.717, 1.165) is 16.8 Å². The third kappa shape index (κ3) is 4.00. The summed E-state index contributed by atoms with van der Waals surface area (Å²) < 4.78 is 15.0. The van der Waals surface area contributed by atoms with Crippen molar-refractivity contribution >= 4 is 33.6 Å². The molecular weight excluding hydrogens is 433 g/mol. The maximum atomic E-state index is 13.2. The maximum Gasteiger partial charge on any atom is 0.275 e. The number of halogens is 1. The van der Waals surface area contributed by atoms with Gasteiger partial charge in [-0.3, -0.25) is 4.79 Å². The first-order valence-corrected chi connectivity index (χ1v) is 11.0. The van der Waals surface area contributed by atoms with E-state index in [2.05, 4.69) is 20.4 Å². The molecule has 0 spiro atoms. The molecule has 0 unspecified atom stereocenters. The van der Waals surface area contributed by atoms with Gasteiger partial charge in [-0.05, 0) is 36.4 Å². The van der Waals surface area contributed by atoms with Crippen LogP contribution in [0.3, 0.4) is 0 Å². The molecule has 1 amide bonds. The number of hydrogen-bond donors (Lipinski definition) is 1. The minimum Gasteiger partial charge on any atom is -0.310 e. The molecule has 0 radical (unpaired) electrons. The molecule has 5 rings (SSSR count). The zero-order valence-electron chi connectivity index (χ0n) is 15.9. The molecule has 0 bridgehead atoms. The number of thiazole rings is 2. The van der Waals surface area contributed by atoms with Gasteiger partial charge < -0.3 is 5.32 Å². The number of para-hydroxylation sites is 1. The highest BCUT2D eigenvalue weighted by Crippen LogP contribution is 2.31. The Hall–Kier alpha value is -3.69. The van der Waals surface area contributed by atoms with E-state index in [0.29, 0.717) is 21.4 Å². The molecule has 0 aliphatic heterocycles. The Morgan fingerprint density at radius 2 is 1.81 bits per heavy atom. The second-order valence-corrected chi connectivity index (χ2v) is 8.25. The largest absolute Gasteiger partial charge is 0.310 e. The van der Waals surface area contributed by atoms with E-state index in [1.54, 1.807) is 33.9 Å². The molecule has 1 N–H and O–H groups in total. The minimum atomic E-state index is -0.328. The number of anilines is 1. The van der Waals surface area contributed by atoms with Crippen LogP contribution < -0.4 is 5.32 Å². The lowest BCUT2D eigenvalue weighted by Gasteiger charge is -2.04. The molecule has 0 aliphatic rings. The van der Waals surface area contributed by atoms with Gasteiger partial charge in [0.05, 0.1) is 17.4 Å². The van der Waals surface area contributed by atoms with Gasteiger partial charge in [-0.15, -0.1) is 22.7 Å². The van der Waals surface area contributed by atoms with Gasteiger partial charge in [-0.2, -0.15) is 5.10 Å². The normalized spacial score (nSPS) is 10.9. The Labute approximate surface area is 184 Å². The number of rotatable bonds is 5. The lowest BCUT2D eigenvalue weighted by Crippen LogP contribution is -2.12. The number of nitrogens with zero attached hydrogens (tertiary/aromatic N) is 4. The third-order valence-corrected chi connectivity index (χ3v) is 6.13. The number of carbonyl (C=O) groups excluding carboxylic acids is 1. The van der Waals surface area contributed by atoms with Gasteiger partial charge in [-0.25, -0.2) is 19.0 Å². The van der Waals surface area contributed by atoms with Crippen molar-refractivity contribution in [2.24, 2.45) is 0 Å². The maximum absolute atomic E-state index is 13.2. The Bertz CT molecular complexity index is 1340. The first-order valence-electron chi connectivity index (χ1n) is 9.24. The van der Waals surface area contributed by atoms with Crippen LogP contribution in [0, 0.1) is 5.82 Å². The molecule has 0 saturated heterocycles. The summed E-state index contributed by atoms with van der Waals surface area (Å²) in [7, 11) is 0. The second kappa shape index (κ2) is 8.21. The summed E-state index contributed by atoms with van der Waals surface area (Å²) in [6, 6.07) is 15.8. The zero-order chi connectivity index (χ0) is 21.2. The summed E-state index contributed by atoms with van der Waals surface area (Å²) in [5.74, 6) is -0.652. The predicted molar refractivity (Wildman–Crippen MR) is 120 cm³/mol. The van der Waals surface area contributed by atoms with Crippen molar-refractivity contribution in [2.45, 2.75) is 0 Å². The molecule has 0 aliphatic carbocycles. The molecule has 2 aromatic carbocycles.